The molecule has 0 atom stereocenters. The summed E-state index contributed by atoms with van der Waals surface area (Å²) in [7, 11) is 0. The van der Waals surface area contributed by atoms with Crippen LogP contribution < -0.4 is 10.1 Å². The Labute approximate surface area is 122 Å². The van der Waals surface area contributed by atoms with Crippen LogP contribution in [0.5, 0.6) is 5.75 Å². The summed E-state index contributed by atoms with van der Waals surface area (Å²) in [6.07, 6.45) is 0.983. The average molecular weight is 350 g/mol. The van der Waals surface area contributed by atoms with Crippen LogP contribution in [0.2, 0.25) is 0 Å². The molecule has 0 heterocycles. The van der Waals surface area contributed by atoms with E-state index in [0.717, 1.165) is 0 Å². The van der Waals surface area contributed by atoms with Gasteiger partial charge in [0.05, 0.1) is 10.2 Å². The third kappa shape index (κ3) is 5.04. The number of nitriles is 1. The van der Waals surface area contributed by atoms with Crippen LogP contribution in [0.15, 0.2) is 27.7 Å². The van der Waals surface area contributed by atoms with Crippen LogP contribution >= 0.6 is 27.7 Å². The molecule has 0 saturated carbocycles. The molecule has 0 fully saturated rings. The quantitative estimate of drug-likeness (QED) is 0.391. The summed E-state index contributed by atoms with van der Waals surface area (Å²) in [5.41, 5.74) is 0.485. The molecule has 0 radical (unpaired) electrons. The number of nitrogens with zero attached hydrogens (tertiary/aromatic N) is 2. The van der Waals surface area contributed by atoms with Crippen molar-refractivity contribution in [1.82, 2.24) is 5.32 Å². The molecular weight excluding hydrogens is 340 g/mol. The first-order valence-electron chi connectivity index (χ1n) is 5.05. The molecule has 0 saturated heterocycles. The van der Waals surface area contributed by atoms with Gasteiger partial charge in [0.15, 0.2) is 11.4 Å². The number of halogens is 3. The molecule has 1 aromatic carbocycles. The lowest BCUT2D eigenvalue weighted by atomic mass is 10.3. The Morgan fingerprint density at radius 1 is 1.63 bits per heavy atom. The molecule has 0 bridgehead atoms. The summed E-state index contributed by atoms with van der Waals surface area (Å²) in [6, 6.07) is 4.87. The Bertz CT molecular complexity index is 505. The Morgan fingerprint density at radius 2 is 2.37 bits per heavy atom. The zero-order valence-corrected chi connectivity index (χ0v) is 12.3. The highest BCUT2D eigenvalue weighted by atomic mass is 79.9. The third-order valence-corrected chi connectivity index (χ3v) is 3.26. The van der Waals surface area contributed by atoms with Gasteiger partial charge in [-0.15, -0.1) is 0 Å². The number of thioether (sulfide) groups is 1. The molecule has 0 aromatic heterocycles. The second-order valence-electron chi connectivity index (χ2n) is 3.15. The van der Waals surface area contributed by atoms with Crippen LogP contribution in [-0.4, -0.2) is 24.5 Å². The van der Waals surface area contributed by atoms with Crippen LogP contribution in [-0.2, 0) is 0 Å². The van der Waals surface area contributed by atoms with Crippen molar-refractivity contribution >= 4 is 38.5 Å². The van der Waals surface area contributed by atoms with Crippen molar-refractivity contribution in [3.05, 3.63) is 22.7 Å². The van der Waals surface area contributed by atoms with Gasteiger partial charge in [0.1, 0.15) is 12.4 Å². The van der Waals surface area contributed by atoms with Gasteiger partial charge in [0, 0.05) is 0 Å². The smallest absolute Gasteiger partial charge is 0.272 e. The molecule has 1 aromatic rings. The summed E-state index contributed by atoms with van der Waals surface area (Å²) in [5.74, 6) is 0.277. The van der Waals surface area contributed by atoms with Gasteiger partial charge >= 0.3 is 0 Å². The molecular formula is C11H10BrF2N3OS. The summed E-state index contributed by atoms with van der Waals surface area (Å²) in [6.45, 7) is -0.683. The number of hydrogen-bond donors (Lipinski definition) is 1. The van der Waals surface area contributed by atoms with Crippen molar-refractivity contribution in [1.29, 1.82) is 5.26 Å². The minimum atomic E-state index is -2.54. The fraction of sp³-hybridized carbons (Fsp3) is 0.273. The van der Waals surface area contributed by atoms with Gasteiger partial charge < -0.3 is 4.74 Å². The minimum absolute atomic E-state index is 0.277. The highest BCUT2D eigenvalue weighted by Crippen LogP contribution is 2.35. The van der Waals surface area contributed by atoms with Crippen molar-refractivity contribution < 1.29 is 13.5 Å². The number of hydrogen-bond acceptors (Lipinski definition) is 4. The number of amidine groups is 1. The first-order valence-corrected chi connectivity index (χ1v) is 7.07. The first-order chi connectivity index (χ1) is 9.08. The van der Waals surface area contributed by atoms with Crippen LogP contribution in [0.1, 0.15) is 0 Å². The lowest BCUT2D eigenvalue weighted by molar-refractivity contribution is 0.0815. The van der Waals surface area contributed by atoms with E-state index in [-0.39, 0.29) is 5.75 Å². The summed E-state index contributed by atoms with van der Waals surface area (Å²) in [4.78, 5) is 4.19. The summed E-state index contributed by atoms with van der Waals surface area (Å²) >= 11 is 4.50. The van der Waals surface area contributed by atoms with Gasteiger partial charge in [0.2, 0.25) is 0 Å². The van der Waals surface area contributed by atoms with E-state index < -0.39 is 13.0 Å². The molecule has 1 rings (SSSR count). The highest BCUT2D eigenvalue weighted by Gasteiger charge is 2.10. The van der Waals surface area contributed by atoms with Crippen molar-refractivity contribution in [3.63, 3.8) is 0 Å². The molecule has 8 heteroatoms. The SMILES string of the molecule is CSC(=Nc1cccc(OCC(F)F)c1Br)NC#N. The second kappa shape index (κ2) is 7.96. The van der Waals surface area contributed by atoms with E-state index in [1.807, 2.05) is 0 Å². The number of alkyl halides is 2. The van der Waals surface area contributed by atoms with E-state index in [2.05, 4.69) is 26.2 Å². The van der Waals surface area contributed by atoms with Gasteiger partial charge in [-0.1, -0.05) is 17.8 Å². The standard InChI is InChI=1S/C11H10BrF2N3OS/c1-19-11(16-6-15)17-7-3-2-4-8(10(7)12)18-5-9(13)14/h2-4,9H,5H2,1H3,(H,16,17). The number of nitrogens with one attached hydrogen (secondary N) is 1. The molecule has 0 amide bonds. The van der Waals surface area contributed by atoms with Crippen LogP contribution in [0.3, 0.4) is 0 Å². The molecule has 0 unspecified atom stereocenters. The molecule has 102 valence electrons. The maximum Gasteiger partial charge on any atom is 0.272 e. The number of aliphatic imine (C=N–C) groups is 1. The van der Waals surface area contributed by atoms with E-state index in [1.165, 1.54) is 11.8 Å². The maximum absolute atomic E-state index is 12.1. The molecule has 0 aliphatic heterocycles. The Balaban J connectivity index is 2.97. The zero-order chi connectivity index (χ0) is 14.3. The third-order valence-electron chi connectivity index (χ3n) is 1.89. The van der Waals surface area contributed by atoms with Crippen molar-refractivity contribution in [2.75, 3.05) is 12.9 Å². The molecule has 1 N–H and O–H groups in total. The van der Waals surface area contributed by atoms with E-state index in [9.17, 15) is 8.78 Å². The predicted octanol–water partition coefficient (Wildman–Crippen LogP) is 3.51. The number of benzene rings is 1. The van der Waals surface area contributed by atoms with Gasteiger partial charge in [-0.2, -0.15) is 5.26 Å². The monoisotopic (exact) mass is 349 g/mol. The Hall–Kier alpha value is -1.33. The van der Waals surface area contributed by atoms with Crippen LogP contribution in [0.25, 0.3) is 0 Å². The molecule has 0 spiro atoms. The second-order valence-corrected chi connectivity index (χ2v) is 4.74. The molecule has 4 nitrogen and oxygen atoms in total. The van der Waals surface area contributed by atoms with Gasteiger partial charge in [-0.3, -0.25) is 5.32 Å². The average Bonchev–Trinajstić information content (AvgIpc) is 2.38. The largest absolute Gasteiger partial charge is 0.486 e. The molecule has 0 aliphatic rings. The van der Waals surface area contributed by atoms with E-state index in [4.69, 9.17) is 10.00 Å². The van der Waals surface area contributed by atoms with Gasteiger partial charge in [-0.25, -0.2) is 13.8 Å². The molecule has 0 aliphatic carbocycles. The van der Waals surface area contributed by atoms with Crippen molar-refractivity contribution in [2.24, 2.45) is 4.99 Å². The van der Waals surface area contributed by atoms with Crippen LogP contribution in [0.4, 0.5) is 14.5 Å². The van der Waals surface area contributed by atoms with E-state index >= 15 is 0 Å². The Kier molecular flexibility index (Phi) is 6.59. The van der Waals surface area contributed by atoms with Gasteiger partial charge in [-0.05, 0) is 34.3 Å². The van der Waals surface area contributed by atoms with Crippen molar-refractivity contribution in [2.45, 2.75) is 6.43 Å². The van der Waals surface area contributed by atoms with Crippen LogP contribution in [0, 0.1) is 11.5 Å². The fourth-order valence-electron chi connectivity index (χ4n) is 1.13. The Morgan fingerprint density at radius 3 is 2.95 bits per heavy atom. The molecule has 19 heavy (non-hydrogen) atoms. The van der Waals surface area contributed by atoms with E-state index in [1.54, 1.807) is 30.6 Å². The van der Waals surface area contributed by atoms with Crippen molar-refractivity contribution in [3.8, 4) is 11.9 Å². The summed E-state index contributed by atoms with van der Waals surface area (Å²) < 4.78 is 29.6. The van der Waals surface area contributed by atoms with E-state index in [0.29, 0.717) is 15.3 Å². The lowest BCUT2D eigenvalue weighted by Gasteiger charge is -2.09. The normalized spacial score (nSPS) is 11.3. The number of ether oxygens (including phenoxy) is 1. The fourth-order valence-corrected chi connectivity index (χ4v) is 1.94. The lowest BCUT2D eigenvalue weighted by Crippen LogP contribution is -2.12. The van der Waals surface area contributed by atoms with Gasteiger partial charge in [0.25, 0.3) is 6.43 Å². The zero-order valence-electron chi connectivity index (χ0n) is 9.86. The minimum Gasteiger partial charge on any atom is -0.486 e. The number of rotatable bonds is 4. The predicted molar refractivity (Wildman–Crippen MR) is 75.0 cm³/mol. The first kappa shape index (κ1) is 15.7. The summed E-state index contributed by atoms with van der Waals surface area (Å²) in [5, 5.41) is 11.4. The topological polar surface area (TPSA) is 57.4 Å². The highest BCUT2D eigenvalue weighted by molar-refractivity contribution is 9.10. The maximum atomic E-state index is 12.1.